The van der Waals surface area contributed by atoms with Crippen LogP contribution in [0.5, 0.6) is 0 Å². The van der Waals surface area contributed by atoms with Crippen molar-refractivity contribution in [3.63, 3.8) is 0 Å². The van der Waals surface area contributed by atoms with Crippen LogP contribution >= 0.6 is 15.9 Å². The highest BCUT2D eigenvalue weighted by Gasteiger charge is 2.29. The number of hydrogen-bond acceptors (Lipinski definition) is 4. The highest BCUT2D eigenvalue weighted by Crippen LogP contribution is 2.26. The van der Waals surface area contributed by atoms with Crippen molar-refractivity contribution in [2.75, 3.05) is 6.61 Å². The van der Waals surface area contributed by atoms with Gasteiger partial charge in [0.15, 0.2) is 0 Å². The van der Waals surface area contributed by atoms with Gasteiger partial charge in [-0.15, -0.1) is 0 Å². The van der Waals surface area contributed by atoms with Gasteiger partial charge in [0.1, 0.15) is 22.6 Å². The molecule has 0 aromatic heterocycles. The molecule has 1 atom stereocenters. The van der Waals surface area contributed by atoms with Gasteiger partial charge in [-0.1, -0.05) is 0 Å². The Balaban J connectivity index is 3.20. The van der Waals surface area contributed by atoms with E-state index in [1.54, 1.807) is 4.72 Å². The van der Waals surface area contributed by atoms with Crippen molar-refractivity contribution in [3.05, 3.63) is 28.2 Å². The molecule has 1 aromatic carbocycles. The van der Waals surface area contributed by atoms with Crippen molar-refractivity contribution in [2.24, 2.45) is 0 Å². The van der Waals surface area contributed by atoms with E-state index in [4.69, 9.17) is 10.2 Å². The molecule has 1 aromatic rings. The number of carbonyl (C=O) groups is 1. The van der Waals surface area contributed by atoms with Gasteiger partial charge in [-0.2, -0.15) is 4.72 Å². The van der Waals surface area contributed by atoms with E-state index in [1.807, 2.05) is 0 Å². The fraction of sp³-hybridized carbons (Fsp3) is 0.300. The number of carboxylic acid groups (broad SMARTS) is 1. The van der Waals surface area contributed by atoms with Crippen molar-refractivity contribution >= 4 is 31.9 Å². The lowest BCUT2D eigenvalue weighted by Gasteiger charge is -2.15. The number of benzene rings is 1. The molecule has 0 fully saturated rings. The van der Waals surface area contributed by atoms with Crippen molar-refractivity contribution in [2.45, 2.75) is 17.4 Å². The smallest absolute Gasteiger partial charge is 0.321 e. The molecule has 0 bridgehead atoms. The van der Waals surface area contributed by atoms with E-state index >= 15 is 0 Å². The van der Waals surface area contributed by atoms with Crippen LogP contribution in [0.1, 0.15) is 6.42 Å². The van der Waals surface area contributed by atoms with Crippen molar-refractivity contribution in [1.82, 2.24) is 4.72 Å². The first kappa shape index (κ1) is 17.0. The predicted octanol–water partition coefficient (Wildman–Crippen LogP) is 0.841. The number of hydrogen-bond donors (Lipinski definition) is 3. The quantitative estimate of drug-likeness (QED) is 0.685. The van der Waals surface area contributed by atoms with Gasteiger partial charge in [0.2, 0.25) is 10.0 Å². The zero-order valence-electron chi connectivity index (χ0n) is 9.81. The summed E-state index contributed by atoms with van der Waals surface area (Å²) in [5, 5.41) is 17.5. The molecular formula is C10H10BrF2NO5S. The van der Waals surface area contributed by atoms with Gasteiger partial charge in [-0.05, 0) is 28.4 Å². The summed E-state index contributed by atoms with van der Waals surface area (Å²) in [6.07, 6.45) is -0.394. The first-order chi connectivity index (χ1) is 9.19. The second-order valence-electron chi connectivity index (χ2n) is 3.72. The van der Waals surface area contributed by atoms with E-state index in [1.165, 1.54) is 0 Å². The largest absolute Gasteiger partial charge is 0.480 e. The van der Waals surface area contributed by atoms with Gasteiger partial charge in [0.05, 0.1) is 0 Å². The van der Waals surface area contributed by atoms with Crippen LogP contribution in [-0.2, 0) is 14.8 Å². The van der Waals surface area contributed by atoms with Crippen molar-refractivity contribution in [1.29, 1.82) is 0 Å². The Kier molecular flexibility index (Phi) is 5.57. The molecule has 6 nitrogen and oxygen atoms in total. The molecule has 0 saturated carbocycles. The Bertz CT molecular complexity index is 599. The average molecular weight is 374 g/mol. The minimum absolute atomic E-state index is 0.362. The Morgan fingerprint density at radius 3 is 2.45 bits per heavy atom. The molecule has 0 saturated heterocycles. The van der Waals surface area contributed by atoms with Crippen LogP contribution in [-0.4, -0.2) is 37.2 Å². The van der Waals surface area contributed by atoms with Crippen LogP contribution < -0.4 is 4.72 Å². The zero-order chi connectivity index (χ0) is 15.5. The van der Waals surface area contributed by atoms with E-state index in [0.29, 0.717) is 6.07 Å². The Morgan fingerprint density at radius 2 is 2.00 bits per heavy atom. The molecule has 0 aliphatic heterocycles. The molecule has 20 heavy (non-hydrogen) atoms. The standard InChI is InChI=1S/C10H10BrF2NO5S/c11-6-3-5(12)4-7(13)9(6)20(18,19)14-8(1-2-15)10(16)17/h3-4,8,14-15H,1-2H2,(H,16,17)/t8-/m0/s1. The number of halogens is 3. The lowest BCUT2D eigenvalue weighted by atomic mass is 10.2. The van der Waals surface area contributed by atoms with Crippen molar-refractivity contribution < 1.29 is 32.2 Å². The minimum atomic E-state index is -4.54. The number of aliphatic hydroxyl groups excluding tert-OH is 1. The van der Waals surface area contributed by atoms with E-state index in [2.05, 4.69) is 15.9 Å². The Hall–Kier alpha value is -1.10. The summed E-state index contributed by atoms with van der Waals surface area (Å²) >= 11 is 2.70. The van der Waals surface area contributed by atoms with Crippen LogP contribution in [0.4, 0.5) is 8.78 Å². The van der Waals surface area contributed by atoms with E-state index < -0.39 is 51.6 Å². The molecule has 1 rings (SSSR count). The highest BCUT2D eigenvalue weighted by molar-refractivity contribution is 9.10. The van der Waals surface area contributed by atoms with Crippen molar-refractivity contribution in [3.8, 4) is 0 Å². The normalized spacial score (nSPS) is 13.2. The third kappa shape index (κ3) is 3.95. The third-order valence-electron chi connectivity index (χ3n) is 2.25. The second kappa shape index (κ2) is 6.57. The Labute approximate surface area is 121 Å². The second-order valence-corrected chi connectivity index (χ2v) is 6.23. The fourth-order valence-corrected chi connectivity index (χ4v) is 3.78. The summed E-state index contributed by atoms with van der Waals surface area (Å²) in [7, 11) is -4.54. The molecule has 3 N–H and O–H groups in total. The number of carboxylic acids is 1. The van der Waals surface area contributed by atoms with Gasteiger partial charge in [0.25, 0.3) is 0 Å². The van der Waals surface area contributed by atoms with Gasteiger partial charge in [-0.3, -0.25) is 4.79 Å². The first-order valence-corrected chi connectivity index (χ1v) is 7.47. The SMILES string of the molecule is O=C(O)[C@H](CCO)NS(=O)(=O)c1c(F)cc(F)cc1Br. The lowest BCUT2D eigenvalue weighted by Crippen LogP contribution is -2.41. The maximum Gasteiger partial charge on any atom is 0.321 e. The molecule has 0 heterocycles. The van der Waals surface area contributed by atoms with Crippen LogP contribution in [0.25, 0.3) is 0 Å². The first-order valence-electron chi connectivity index (χ1n) is 5.19. The van der Waals surface area contributed by atoms with Gasteiger partial charge < -0.3 is 10.2 Å². The lowest BCUT2D eigenvalue weighted by molar-refractivity contribution is -0.139. The van der Waals surface area contributed by atoms with E-state index in [-0.39, 0.29) is 4.47 Å². The Morgan fingerprint density at radius 1 is 1.40 bits per heavy atom. The predicted molar refractivity (Wildman–Crippen MR) is 67.5 cm³/mol. The molecule has 0 amide bonds. The van der Waals surface area contributed by atoms with Crippen LogP contribution in [0, 0.1) is 11.6 Å². The third-order valence-corrected chi connectivity index (χ3v) is 4.68. The topological polar surface area (TPSA) is 104 Å². The summed E-state index contributed by atoms with van der Waals surface area (Å²) < 4.78 is 51.7. The number of aliphatic hydroxyl groups is 1. The molecule has 10 heteroatoms. The van der Waals surface area contributed by atoms with E-state index in [9.17, 15) is 22.0 Å². The summed E-state index contributed by atoms with van der Waals surface area (Å²) in [6, 6.07) is -0.526. The zero-order valence-corrected chi connectivity index (χ0v) is 12.2. The maximum atomic E-state index is 13.6. The summed E-state index contributed by atoms with van der Waals surface area (Å²) in [4.78, 5) is 9.92. The summed E-state index contributed by atoms with van der Waals surface area (Å²) in [5.74, 6) is -3.88. The monoisotopic (exact) mass is 373 g/mol. The molecule has 0 unspecified atom stereocenters. The van der Waals surface area contributed by atoms with Gasteiger partial charge in [-0.25, -0.2) is 17.2 Å². The molecule has 0 aliphatic rings. The average Bonchev–Trinajstić information content (AvgIpc) is 2.25. The number of aliphatic carboxylic acids is 1. The van der Waals surface area contributed by atoms with Gasteiger partial charge >= 0.3 is 5.97 Å². The molecule has 0 aliphatic carbocycles. The number of nitrogens with one attached hydrogen (secondary N) is 1. The maximum absolute atomic E-state index is 13.6. The molecule has 0 spiro atoms. The molecular weight excluding hydrogens is 364 g/mol. The van der Waals surface area contributed by atoms with Crippen LogP contribution in [0.2, 0.25) is 0 Å². The number of rotatable bonds is 6. The summed E-state index contributed by atoms with van der Waals surface area (Å²) in [5.41, 5.74) is 0. The van der Waals surface area contributed by atoms with E-state index in [0.717, 1.165) is 6.07 Å². The number of sulfonamides is 1. The fourth-order valence-electron chi connectivity index (χ4n) is 1.39. The molecule has 112 valence electrons. The minimum Gasteiger partial charge on any atom is -0.480 e. The van der Waals surface area contributed by atoms with Crippen LogP contribution in [0.15, 0.2) is 21.5 Å². The highest BCUT2D eigenvalue weighted by atomic mass is 79.9. The van der Waals surface area contributed by atoms with Gasteiger partial charge in [0, 0.05) is 17.1 Å². The van der Waals surface area contributed by atoms with Crippen LogP contribution in [0.3, 0.4) is 0 Å². The molecule has 0 radical (unpaired) electrons. The summed E-state index contributed by atoms with van der Waals surface area (Å²) in [6.45, 7) is -0.577.